The largest absolute Gasteiger partial charge is 0.399 e. The Morgan fingerprint density at radius 2 is 1.92 bits per heavy atom. The predicted octanol–water partition coefficient (Wildman–Crippen LogP) is 2.02. The molecule has 0 unspecified atom stereocenters. The third kappa shape index (κ3) is 2.40. The van der Waals surface area contributed by atoms with Gasteiger partial charge in [-0.2, -0.15) is 0 Å². The highest BCUT2D eigenvalue weighted by atomic mass is 35.5. The lowest BCUT2D eigenvalue weighted by atomic mass is 10.1. The molecule has 2 nitrogen and oxygen atoms in total. The normalized spacial score (nSPS) is 11.9. The monoisotopic (exact) mass is 186 g/mol. The molecule has 0 spiro atoms. The van der Waals surface area contributed by atoms with Crippen LogP contribution in [0.25, 0.3) is 0 Å². The fraction of sp³-hybridized carbons (Fsp3) is 0.333. The number of halogens is 1. The summed E-state index contributed by atoms with van der Waals surface area (Å²) < 4.78 is 0. The van der Waals surface area contributed by atoms with E-state index in [1.165, 1.54) is 0 Å². The zero-order valence-electron chi connectivity index (χ0n) is 7.37. The Labute approximate surface area is 79.4 Å². The van der Waals surface area contributed by atoms with Gasteiger partial charge < -0.3 is 11.5 Å². The van der Waals surface area contributed by atoms with Gasteiger partial charge in [-0.3, -0.25) is 0 Å². The number of hydrogen-bond donors (Lipinski definition) is 2. The smallest absolute Gasteiger partial charge is 0.0347 e. The maximum Gasteiger partial charge on any atom is 0.0347 e. The van der Waals surface area contributed by atoms with Gasteiger partial charge in [0.2, 0.25) is 0 Å². The summed E-state index contributed by atoms with van der Waals surface area (Å²) in [5.74, 6) is 0. The van der Waals surface area contributed by atoms with E-state index in [0.717, 1.165) is 16.8 Å². The molecule has 0 fully saturated rings. The average molecular weight is 187 g/mol. The zero-order valence-corrected chi connectivity index (χ0v) is 8.19. The molecule has 1 aromatic carbocycles. The van der Waals surface area contributed by atoms with E-state index in [1.807, 2.05) is 32.0 Å². The van der Waals surface area contributed by atoms with Crippen LogP contribution in [0.5, 0.6) is 0 Å². The van der Waals surface area contributed by atoms with Gasteiger partial charge in [0.25, 0.3) is 0 Å². The summed E-state index contributed by atoms with van der Waals surface area (Å²) >= 11 is 0. The van der Waals surface area contributed by atoms with Crippen LogP contribution < -0.4 is 11.5 Å². The van der Waals surface area contributed by atoms with Gasteiger partial charge in [-0.25, -0.2) is 0 Å². The molecule has 4 N–H and O–H groups in total. The second-order valence-electron chi connectivity index (χ2n) is 2.90. The third-order valence-electron chi connectivity index (χ3n) is 1.83. The molecule has 12 heavy (non-hydrogen) atoms. The summed E-state index contributed by atoms with van der Waals surface area (Å²) in [7, 11) is 0. The SMILES string of the molecule is Cc1ccc([C@@H](C)N)cc1N.Cl. The highest BCUT2D eigenvalue weighted by Crippen LogP contribution is 2.16. The van der Waals surface area contributed by atoms with Crippen molar-refractivity contribution >= 4 is 18.1 Å². The standard InChI is InChI=1S/C9H14N2.ClH/c1-6-3-4-8(7(2)10)5-9(6)11;/h3-5,7H,10-11H2,1-2H3;1H/t7-;/m1./s1. The van der Waals surface area contributed by atoms with E-state index in [9.17, 15) is 0 Å². The summed E-state index contributed by atoms with van der Waals surface area (Å²) in [5.41, 5.74) is 14.4. The van der Waals surface area contributed by atoms with Gasteiger partial charge in [0.15, 0.2) is 0 Å². The molecule has 0 aliphatic heterocycles. The van der Waals surface area contributed by atoms with Crippen molar-refractivity contribution in [1.29, 1.82) is 0 Å². The first-order valence-corrected chi connectivity index (χ1v) is 3.73. The van der Waals surface area contributed by atoms with E-state index in [4.69, 9.17) is 11.5 Å². The van der Waals surface area contributed by atoms with Gasteiger partial charge in [0.05, 0.1) is 0 Å². The molecule has 0 heterocycles. The van der Waals surface area contributed by atoms with Crippen molar-refractivity contribution in [3.05, 3.63) is 29.3 Å². The van der Waals surface area contributed by atoms with Gasteiger partial charge in [0.1, 0.15) is 0 Å². The maximum absolute atomic E-state index is 5.70. The molecular formula is C9H15ClN2. The van der Waals surface area contributed by atoms with Gasteiger partial charge in [0, 0.05) is 11.7 Å². The molecule has 0 amide bonds. The number of aryl methyl sites for hydroxylation is 1. The average Bonchev–Trinajstić information content (AvgIpc) is 1.94. The first kappa shape index (κ1) is 11.3. The van der Waals surface area contributed by atoms with Crippen molar-refractivity contribution in [3.8, 4) is 0 Å². The minimum absolute atomic E-state index is 0. The fourth-order valence-corrected chi connectivity index (χ4v) is 0.942. The molecule has 1 atom stereocenters. The second kappa shape index (κ2) is 4.33. The molecule has 3 heteroatoms. The second-order valence-corrected chi connectivity index (χ2v) is 2.90. The highest BCUT2D eigenvalue weighted by Gasteiger charge is 1.99. The van der Waals surface area contributed by atoms with Crippen molar-refractivity contribution in [2.75, 3.05) is 5.73 Å². The lowest BCUT2D eigenvalue weighted by Crippen LogP contribution is -2.05. The molecular weight excluding hydrogens is 172 g/mol. The Kier molecular flexibility index (Phi) is 4.07. The van der Waals surface area contributed by atoms with E-state index in [1.54, 1.807) is 0 Å². The van der Waals surface area contributed by atoms with Gasteiger partial charge >= 0.3 is 0 Å². The Balaban J connectivity index is 0.00000121. The Morgan fingerprint density at radius 3 is 2.33 bits per heavy atom. The molecule has 0 radical (unpaired) electrons. The highest BCUT2D eigenvalue weighted by molar-refractivity contribution is 5.85. The van der Waals surface area contributed by atoms with Crippen molar-refractivity contribution in [2.45, 2.75) is 19.9 Å². The molecule has 0 saturated carbocycles. The molecule has 0 aliphatic rings. The molecule has 0 saturated heterocycles. The number of nitrogens with two attached hydrogens (primary N) is 2. The number of hydrogen-bond acceptors (Lipinski definition) is 2. The first-order valence-electron chi connectivity index (χ1n) is 3.73. The number of anilines is 1. The van der Waals surface area contributed by atoms with E-state index in [0.29, 0.717) is 0 Å². The summed E-state index contributed by atoms with van der Waals surface area (Å²) in [5, 5.41) is 0. The Bertz CT molecular complexity index is 259. The van der Waals surface area contributed by atoms with Crippen LogP contribution in [-0.2, 0) is 0 Å². The van der Waals surface area contributed by atoms with E-state index in [2.05, 4.69) is 0 Å². The minimum atomic E-state index is 0. The Morgan fingerprint density at radius 1 is 1.33 bits per heavy atom. The molecule has 1 rings (SSSR count). The van der Waals surface area contributed by atoms with Crippen LogP contribution in [0.4, 0.5) is 5.69 Å². The number of benzene rings is 1. The first-order chi connectivity index (χ1) is 5.11. The van der Waals surface area contributed by atoms with Crippen LogP contribution in [0.15, 0.2) is 18.2 Å². The third-order valence-corrected chi connectivity index (χ3v) is 1.83. The molecule has 1 aromatic rings. The van der Waals surface area contributed by atoms with E-state index in [-0.39, 0.29) is 18.4 Å². The lowest BCUT2D eigenvalue weighted by molar-refractivity contribution is 0.818. The predicted molar refractivity (Wildman–Crippen MR) is 55.4 cm³/mol. The zero-order chi connectivity index (χ0) is 8.43. The van der Waals surface area contributed by atoms with Gasteiger partial charge in [-0.05, 0) is 31.0 Å². The quantitative estimate of drug-likeness (QED) is 0.660. The van der Waals surface area contributed by atoms with Crippen LogP contribution in [0, 0.1) is 6.92 Å². The van der Waals surface area contributed by atoms with Gasteiger partial charge in [-0.15, -0.1) is 12.4 Å². The van der Waals surface area contributed by atoms with Crippen LogP contribution >= 0.6 is 12.4 Å². The van der Waals surface area contributed by atoms with Crippen LogP contribution in [0.2, 0.25) is 0 Å². The van der Waals surface area contributed by atoms with E-state index < -0.39 is 0 Å². The van der Waals surface area contributed by atoms with E-state index >= 15 is 0 Å². The Hall–Kier alpha value is -0.730. The summed E-state index contributed by atoms with van der Waals surface area (Å²) in [6.07, 6.45) is 0. The lowest BCUT2D eigenvalue weighted by Gasteiger charge is -2.07. The molecule has 0 aromatic heterocycles. The number of rotatable bonds is 1. The van der Waals surface area contributed by atoms with Crippen molar-refractivity contribution in [2.24, 2.45) is 5.73 Å². The van der Waals surface area contributed by atoms with Crippen LogP contribution in [0.3, 0.4) is 0 Å². The fourth-order valence-electron chi connectivity index (χ4n) is 0.942. The van der Waals surface area contributed by atoms with Crippen molar-refractivity contribution < 1.29 is 0 Å². The molecule has 68 valence electrons. The summed E-state index contributed by atoms with van der Waals surface area (Å²) in [4.78, 5) is 0. The summed E-state index contributed by atoms with van der Waals surface area (Å²) in [6, 6.07) is 6.00. The summed E-state index contributed by atoms with van der Waals surface area (Å²) in [6.45, 7) is 3.93. The van der Waals surface area contributed by atoms with Crippen molar-refractivity contribution in [3.63, 3.8) is 0 Å². The molecule has 0 bridgehead atoms. The van der Waals surface area contributed by atoms with Crippen molar-refractivity contribution in [1.82, 2.24) is 0 Å². The number of nitrogen functional groups attached to an aromatic ring is 1. The molecule has 0 aliphatic carbocycles. The van der Waals surface area contributed by atoms with Crippen LogP contribution in [0.1, 0.15) is 24.1 Å². The van der Waals surface area contributed by atoms with Crippen LogP contribution in [-0.4, -0.2) is 0 Å². The maximum atomic E-state index is 5.70. The van der Waals surface area contributed by atoms with Gasteiger partial charge in [-0.1, -0.05) is 12.1 Å². The minimum Gasteiger partial charge on any atom is -0.399 e. The topological polar surface area (TPSA) is 52.0 Å².